The Morgan fingerprint density at radius 3 is 2.43 bits per heavy atom. The highest BCUT2D eigenvalue weighted by molar-refractivity contribution is 5.78. The summed E-state index contributed by atoms with van der Waals surface area (Å²) in [5.74, 6) is 0.706. The van der Waals surface area contributed by atoms with Crippen molar-refractivity contribution in [1.29, 1.82) is 0 Å². The maximum Gasteiger partial charge on any atom is 0.236 e. The molecule has 6 heteroatoms. The van der Waals surface area contributed by atoms with E-state index in [4.69, 9.17) is 4.74 Å². The Balaban J connectivity index is 1.56. The lowest BCUT2D eigenvalue weighted by Crippen LogP contribution is -2.51. The molecule has 3 rings (SSSR count). The number of carbonyl (C=O) groups excluding carboxylic acids is 1. The molecule has 1 heterocycles. The van der Waals surface area contributed by atoms with Crippen LogP contribution >= 0.6 is 0 Å². The van der Waals surface area contributed by atoms with Crippen LogP contribution in [0.25, 0.3) is 0 Å². The lowest BCUT2D eigenvalue weighted by molar-refractivity contribution is -0.132. The monoisotopic (exact) mass is 385 g/mol. The average Bonchev–Trinajstić information content (AvgIpc) is 2.73. The first-order valence-corrected chi connectivity index (χ1v) is 9.61. The van der Waals surface area contributed by atoms with Crippen molar-refractivity contribution < 1.29 is 13.9 Å². The van der Waals surface area contributed by atoms with E-state index in [1.54, 1.807) is 19.2 Å². The van der Waals surface area contributed by atoms with Crippen LogP contribution < -0.4 is 9.64 Å². The number of amides is 1. The zero-order chi connectivity index (χ0) is 20.1. The van der Waals surface area contributed by atoms with Gasteiger partial charge in [-0.2, -0.15) is 0 Å². The van der Waals surface area contributed by atoms with Crippen LogP contribution in [-0.2, 0) is 4.79 Å². The molecule has 2 aromatic carbocycles. The van der Waals surface area contributed by atoms with Crippen LogP contribution in [0, 0.1) is 5.82 Å². The summed E-state index contributed by atoms with van der Waals surface area (Å²) in [6.45, 7) is 4.88. The maximum atomic E-state index is 14.0. The Bertz CT molecular complexity index is 806. The van der Waals surface area contributed by atoms with E-state index in [-0.39, 0.29) is 17.8 Å². The highest BCUT2D eigenvalue weighted by Gasteiger charge is 2.25. The third-order valence-corrected chi connectivity index (χ3v) is 5.46. The Labute approximate surface area is 166 Å². The van der Waals surface area contributed by atoms with Crippen molar-refractivity contribution in [3.8, 4) is 5.75 Å². The molecular formula is C22H28FN3O2. The van der Waals surface area contributed by atoms with Crippen molar-refractivity contribution in [3.05, 3.63) is 59.9 Å². The fourth-order valence-corrected chi connectivity index (χ4v) is 3.60. The topological polar surface area (TPSA) is 36.0 Å². The molecule has 28 heavy (non-hydrogen) atoms. The van der Waals surface area contributed by atoms with Gasteiger partial charge in [-0.05, 0) is 32.2 Å². The predicted molar refractivity (Wildman–Crippen MR) is 109 cm³/mol. The van der Waals surface area contributed by atoms with Crippen LogP contribution in [0.4, 0.5) is 10.1 Å². The summed E-state index contributed by atoms with van der Waals surface area (Å²) in [6, 6.07) is 14.7. The van der Waals surface area contributed by atoms with E-state index >= 15 is 0 Å². The normalized spacial score (nSPS) is 15.6. The second kappa shape index (κ2) is 9.06. The van der Waals surface area contributed by atoms with Crippen molar-refractivity contribution in [2.75, 3.05) is 51.8 Å². The summed E-state index contributed by atoms with van der Waals surface area (Å²) >= 11 is 0. The van der Waals surface area contributed by atoms with Crippen molar-refractivity contribution in [2.45, 2.75) is 13.0 Å². The molecule has 2 aromatic rings. The number of rotatable bonds is 6. The molecule has 1 atom stereocenters. The molecule has 1 saturated heterocycles. The van der Waals surface area contributed by atoms with E-state index in [9.17, 15) is 9.18 Å². The molecule has 1 aliphatic heterocycles. The van der Waals surface area contributed by atoms with Crippen LogP contribution in [0.15, 0.2) is 48.5 Å². The second-order valence-corrected chi connectivity index (χ2v) is 7.15. The number of piperazine rings is 1. The molecule has 150 valence electrons. The van der Waals surface area contributed by atoms with Crippen LogP contribution in [0.2, 0.25) is 0 Å². The Morgan fingerprint density at radius 1 is 1.11 bits per heavy atom. The van der Waals surface area contributed by atoms with Gasteiger partial charge in [0.1, 0.15) is 11.6 Å². The Kier molecular flexibility index (Phi) is 6.52. The van der Waals surface area contributed by atoms with Gasteiger partial charge in [-0.1, -0.05) is 30.3 Å². The first-order valence-electron chi connectivity index (χ1n) is 9.61. The number of para-hydroxylation sites is 2. The van der Waals surface area contributed by atoms with Crippen molar-refractivity contribution in [1.82, 2.24) is 9.80 Å². The van der Waals surface area contributed by atoms with E-state index in [1.165, 1.54) is 6.07 Å². The van der Waals surface area contributed by atoms with Crippen LogP contribution in [0.3, 0.4) is 0 Å². The highest BCUT2D eigenvalue weighted by Crippen LogP contribution is 2.28. The van der Waals surface area contributed by atoms with Crippen LogP contribution in [-0.4, -0.2) is 62.6 Å². The standard InChI is InChI=1S/C22H28FN3O2/c1-17(18-8-4-7-11-21(18)28-3)24(2)16-22(27)26-14-12-25(13-15-26)20-10-6-5-9-19(20)23/h4-11,17H,12-16H2,1-3H3. The number of nitrogens with zero attached hydrogens (tertiary/aromatic N) is 3. The van der Waals surface area contributed by atoms with Gasteiger partial charge in [0.15, 0.2) is 0 Å². The summed E-state index contributed by atoms with van der Waals surface area (Å²) in [6.07, 6.45) is 0. The second-order valence-electron chi connectivity index (χ2n) is 7.15. The smallest absolute Gasteiger partial charge is 0.236 e. The number of benzene rings is 2. The van der Waals surface area contributed by atoms with E-state index in [0.717, 1.165) is 11.3 Å². The number of halogens is 1. The molecule has 0 bridgehead atoms. The largest absolute Gasteiger partial charge is 0.496 e. The third kappa shape index (κ3) is 4.44. The molecule has 1 unspecified atom stereocenters. The third-order valence-electron chi connectivity index (χ3n) is 5.46. The molecule has 1 aliphatic rings. The van der Waals surface area contributed by atoms with Gasteiger partial charge in [0, 0.05) is 37.8 Å². The molecule has 0 aliphatic carbocycles. The Hall–Kier alpha value is -2.60. The number of anilines is 1. The van der Waals surface area contributed by atoms with Gasteiger partial charge in [-0.25, -0.2) is 4.39 Å². The number of hydrogen-bond donors (Lipinski definition) is 0. The van der Waals surface area contributed by atoms with Gasteiger partial charge in [-0.15, -0.1) is 0 Å². The number of methoxy groups -OCH3 is 1. The van der Waals surface area contributed by atoms with Gasteiger partial charge >= 0.3 is 0 Å². The summed E-state index contributed by atoms with van der Waals surface area (Å²) in [5.41, 5.74) is 1.67. The quantitative estimate of drug-likeness (QED) is 0.765. The SMILES string of the molecule is COc1ccccc1C(C)N(C)CC(=O)N1CCN(c2ccccc2F)CC1. The predicted octanol–water partition coefficient (Wildman–Crippen LogP) is 3.18. The number of ether oxygens (including phenoxy) is 1. The summed E-state index contributed by atoms with van der Waals surface area (Å²) in [7, 11) is 3.61. The van der Waals surface area contributed by atoms with E-state index in [0.29, 0.717) is 38.4 Å². The summed E-state index contributed by atoms with van der Waals surface area (Å²) in [4.78, 5) is 18.7. The van der Waals surface area contributed by atoms with Gasteiger partial charge in [-0.3, -0.25) is 9.69 Å². The van der Waals surface area contributed by atoms with Crippen LogP contribution in [0.1, 0.15) is 18.5 Å². The summed E-state index contributed by atoms with van der Waals surface area (Å²) in [5, 5.41) is 0. The molecule has 0 radical (unpaired) electrons. The molecule has 0 N–H and O–H groups in total. The van der Waals surface area contributed by atoms with Gasteiger partial charge in [0.2, 0.25) is 5.91 Å². The fraction of sp³-hybridized carbons (Fsp3) is 0.409. The summed E-state index contributed by atoms with van der Waals surface area (Å²) < 4.78 is 19.4. The zero-order valence-electron chi connectivity index (χ0n) is 16.8. The first kappa shape index (κ1) is 20.1. The minimum absolute atomic E-state index is 0.0554. The molecule has 1 fully saturated rings. The highest BCUT2D eigenvalue weighted by atomic mass is 19.1. The minimum atomic E-state index is -0.215. The van der Waals surface area contributed by atoms with Crippen molar-refractivity contribution in [3.63, 3.8) is 0 Å². The Morgan fingerprint density at radius 2 is 1.75 bits per heavy atom. The number of carbonyl (C=O) groups is 1. The lowest BCUT2D eigenvalue weighted by atomic mass is 10.1. The lowest BCUT2D eigenvalue weighted by Gasteiger charge is -2.37. The maximum absolute atomic E-state index is 14.0. The van der Waals surface area contributed by atoms with Gasteiger partial charge < -0.3 is 14.5 Å². The molecule has 5 nitrogen and oxygen atoms in total. The minimum Gasteiger partial charge on any atom is -0.496 e. The van der Waals surface area contributed by atoms with Crippen LogP contribution in [0.5, 0.6) is 5.75 Å². The number of likely N-dealkylation sites (N-methyl/N-ethyl adjacent to an activating group) is 1. The molecule has 1 amide bonds. The average molecular weight is 385 g/mol. The van der Waals surface area contributed by atoms with Crippen molar-refractivity contribution in [2.24, 2.45) is 0 Å². The van der Waals surface area contributed by atoms with E-state index in [1.807, 2.05) is 52.1 Å². The fourth-order valence-electron chi connectivity index (χ4n) is 3.60. The molecule has 0 aromatic heterocycles. The zero-order valence-corrected chi connectivity index (χ0v) is 16.8. The molecule has 0 saturated carbocycles. The van der Waals surface area contributed by atoms with Gasteiger partial charge in [0.05, 0.1) is 19.3 Å². The van der Waals surface area contributed by atoms with E-state index in [2.05, 4.69) is 6.92 Å². The van der Waals surface area contributed by atoms with E-state index < -0.39 is 0 Å². The molecular weight excluding hydrogens is 357 g/mol. The van der Waals surface area contributed by atoms with Crippen molar-refractivity contribution >= 4 is 11.6 Å². The van der Waals surface area contributed by atoms with Gasteiger partial charge in [0.25, 0.3) is 0 Å². The molecule has 0 spiro atoms. The first-order chi connectivity index (χ1) is 13.5. The number of hydrogen-bond acceptors (Lipinski definition) is 4.